The smallest absolute Gasteiger partial charge is 0.345 e. The van der Waals surface area contributed by atoms with Gasteiger partial charge < -0.3 is 5.11 Å². The molecule has 1 aliphatic rings. The molecule has 0 bridgehead atoms. The molecule has 2 rings (SSSR count). The van der Waals surface area contributed by atoms with E-state index in [1.807, 2.05) is 6.92 Å². The van der Waals surface area contributed by atoms with E-state index < -0.39 is 16.0 Å². The molecule has 8 heteroatoms. The number of halogens is 1. The summed E-state index contributed by atoms with van der Waals surface area (Å²) in [4.78, 5) is 11.0. The maximum atomic E-state index is 12.4. The van der Waals surface area contributed by atoms with E-state index in [-0.39, 0.29) is 15.8 Å². The summed E-state index contributed by atoms with van der Waals surface area (Å²) in [6, 6.07) is 1.06. The van der Waals surface area contributed by atoms with Crippen molar-refractivity contribution in [2.75, 3.05) is 0 Å². The van der Waals surface area contributed by atoms with Crippen LogP contribution in [-0.4, -0.2) is 25.5 Å². The van der Waals surface area contributed by atoms with Crippen LogP contribution in [0.15, 0.2) is 14.7 Å². The minimum absolute atomic E-state index is 0.00700. The van der Waals surface area contributed by atoms with Crippen molar-refractivity contribution in [3.63, 3.8) is 0 Å². The number of sulfonamides is 1. The van der Waals surface area contributed by atoms with Crippen LogP contribution in [0.3, 0.4) is 0 Å². The second-order valence-electron chi connectivity index (χ2n) is 5.36. The molecule has 0 radical (unpaired) electrons. The average molecular weight is 396 g/mol. The van der Waals surface area contributed by atoms with Crippen LogP contribution in [0.25, 0.3) is 0 Å². The monoisotopic (exact) mass is 395 g/mol. The molecular weight excluding hydrogens is 378 g/mol. The predicted molar refractivity (Wildman–Crippen MR) is 85.3 cm³/mol. The van der Waals surface area contributed by atoms with Gasteiger partial charge in [-0.2, -0.15) is 0 Å². The number of hydrogen-bond donors (Lipinski definition) is 2. The Kier molecular flexibility index (Phi) is 5.45. The van der Waals surface area contributed by atoms with Gasteiger partial charge in [-0.05, 0) is 47.7 Å². The number of carboxylic acids is 1. The lowest BCUT2D eigenvalue weighted by Crippen LogP contribution is -2.38. The van der Waals surface area contributed by atoms with Crippen LogP contribution in [0.5, 0.6) is 0 Å². The van der Waals surface area contributed by atoms with Crippen molar-refractivity contribution in [2.24, 2.45) is 5.92 Å². The second kappa shape index (κ2) is 6.76. The van der Waals surface area contributed by atoms with Gasteiger partial charge in [-0.1, -0.05) is 19.3 Å². The van der Waals surface area contributed by atoms with Crippen LogP contribution in [0.1, 0.15) is 48.7 Å². The minimum atomic E-state index is -3.70. The lowest BCUT2D eigenvalue weighted by molar-refractivity contribution is 0.0702. The van der Waals surface area contributed by atoms with E-state index in [1.54, 1.807) is 0 Å². The highest BCUT2D eigenvalue weighted by Crippen LogP contribution is 2.33. The minimum Gasteiger partial charge on any atom is -0.477 e. The number of thiophene rings is 1. The first-order valence-corrected chi connectivity index (χ1v) is 9.95. The molecule has 1 unspecified atom stereocenters. The van der Waals surface area contributed by atoms with E-state index in [2.05, 4.69) is 20.7 Å². The van der Waals surface area contributed by atoms with Gasteiger partial charge in [-0.3, -0.25) is 0 Å². The molecule has 1 atom stereocenters. The van der Waals surface area contributed by atoms with Gasteiger partial charge in [0.25, 0.3) is 0 Å². The Morgan fingerprint density at radius 2 is 2.05 bits per heavy atom. The largest absolute Gasteiger partial charge is 0.477 e. The highest BCUT2D eigenvalue weighted by molar-refractivity contribution is 9.11. The van der Waals surface area contributed by atoms with E-state index in [4.69, 9.17) is 5.11 Å². The second-order valence-corrected chi connectivity index (χ2v) is 9.41. The van der Waals surface area contributed by atoms with Gasteiger partial charge in [0.05, 0.1) is 3.79 Å². The summed E-state index contributed by atoms with van der Waals surface area (Å²) in [7, 11) is -3.70. The topological polar surface area (TPSA) is 83.5 Å². The van der Waals surface area contributed by atoms with Gasteiger partial charge in [-0.25, -0.2) is 17.9 Å². The van der Waals surface area contributed by atoms with Crippen molar-refractivity contribution in [1.29, 1.82) is 0 Å². The Balaban J connectivity index is 2.16. The molecule has 118 valence electrons. The van der Waals surface area contributed by atoms with Crippen LogP contribution < -0.4 is 4.72 Å². The van der Waals surface area contributed by atoms with Gasteiger partial charge in [0.1, 0.15) is 9.77 Å². The van der Waals surface area contributed by atoms with Gasteiger partial charge in [0, 0.05) is 6.04 Å². The van der Waals surface area contributed by atoms with E-state index in [1.165, 1.54) is 12.5 Å². The van der Waals surface area contributed by atoms with Gasteiger partial charge in [0.15, 0.2) is 0 Å². The van der Waals surface area contributed by atoms with Crippen LogP contribution in [0, 0.1) is 5.92 Å². The van der Waals surface area contributed by atoms with Gasteiger partial charge >= 0.3 is 5.97 Å². The molecule has 0 aliphatic heterocycles. The maximum Gasteiger partial charge on any atom is 0.345 e. The molecule has 21 heavy (non-hydrogen) atoms. The van der Waals surface area contributed by atoms with Crippen LogP contribution in [-0.2, 0) is 10.0 Å². The highest BCUT2D eigenvalue weighted by atomic mass is 79.9. The fourth-order valence-electron chi connectivity index (χ4n) is 2.68. The molecule has 0 spiro atoms. The predicted octanol–water partition coefficient (Wildman–Crippen LogP) is 3.46. The zero-order valence-corrected chi connectivity index (χ0v) is 14.9. The first-order valence-electron chi connectivity index (χ1n) is 6.86. The number of nitrogens with one attached hydrogen (secondary N) is 1. The van der Waals surface area contributed by atoms with Crippen molar-refractivity contribution in [3.8, 4) is 0 Å². The molecule has 1 aliphatic carbocycles. The fraction of sp³-hybridized carbons (Fsp3) is 0.615. The normalized spacial score (nSPS) is 18.6. The SMILES string of the molecule is CC(NS(=O)(=O)c1cc(C(=O)O)sc1Br)C1CCCCC1. The summed E-state index contributed by atoms with van der Waals surface area (Å²) >= 11 is 4.05. The van der Waals surface area contributed by atoms with Crippen molar-refractivity contribution < 1.29 is 18.3 Å². The maximum absolute atomic E-state index is 12.4. The Morgan fingerprint density at radius 1 is 1.43 bits per heavy atom. The van der Waals surface area contributed by atoms with Crippen molar-refractivity contribution in [1.82, 2.24) is 4.72 Å². The number of aromatic carboxylic acids is 1. The van der Waals surface area contributed by atoms with Crippen molar-refractivity contribution in [2.45, 2.75) is 50.0 Å². The molecule has 0 amide bonds. The molecule has 2 N–H and O–H groups in total. The van der Waals surface area contributed by atoms with Crippen LogP contribution >= 0.6 is 27.3 Å². The van der Waals surface area contributed by atoms with Crippen molar-refractivity contribution >= 4 is 43.3 Å². The highest BCUT2D eigenvalue weighted by Gasteiger charge is 2.28. The van der Waals surface area contributed by atoms with E-state index in [0.29, 0.717) is 9.70 Å². The zero-order valence-electron chi connectivity index (χ0n) is 11.6. The van der Waals surface area contributed by atoms with E-state index in [9.17, 15) is 13.2 Å². The van der Waals surface area contributed by atoms with Crippen LogP contribution in [0.2, 0.25) is 0 Å². The summed E-state index contributed by atoms with van der Waals surface area (Å²) < 4.78 is 27.8. The lowest BCUT2D eigenvalue weighted by Gasteiger charge is -2.28. The third kappa shape index (κ3) is 4.06. The molecule has 5 nitrogen and oxygen atoms in total. The zero-order chi connectivity index (χ0) is 15.6. The Hall–Kier alpha value is -0.440. The van der Waals surface area contributed by atoms with Gasteiger partial charge in [0.2, 0.25) is 10.0 Å². The molecule has 1 heterocycles. The Bertz CT molecular complexity index is 620. The lowest BCUT2D eigenvalue weighted by atomic mass is 9.85. The molecule has 1 saturated carbocycles. The summed E-state index contributed by atoms with van der Waals surface area (Å²) in [5.74, 6) is -0.771. The number of hydrogen-bond acceptors (Lipinski definition) is 4. The molecule has 1 aromatic rings. The summed E-state index contributed by atoms with van der Waals surface area (Å²) in [6.07, 6.45) is 5.57. The van der Waals surface area contributed by atoms with E-state index in [0.717, 1.165) is 37.0 Å². The Labute approximate surface area is 136 Å². The quantitative estimate of drug-likeness (QED) is 0.799. The molecule has 1 aromatic heterocycles. The fourth-order valence-corrected chi connectivity index (χ4v) is 6.39. The third-order valence-corrected chi connectivity index (χ3v) is 7.65. The van der Waals surface area contributed by atoms with Crippen LogP contribution in [0.4, 0.5) is 0 Å². The molecule has 0 aromatic carbocycles. The summed E-state index contributed by atoms with van der Waals surface area (Å²) in [5.41, 5.74) is 0. The number of rotatable bonds is 5. The summed E-state index contributed by atoms with van der Waals surface area (Å²) in [5, 5.41) is 8.95. The Morgan fingerprint density at radius 3 is 2.57 bits per heavy atom. The average Bonchev–Trinajstić information content (AvgIpc) is 2.82. The molecule has 1 fully saturated rings. The van der Waals surface area contributed by atoms with E-state index >= 15 is 0 Å². The number of carboxylic acid groups (broad SMARTS) is 1. The first kappa shape index (κ1) is 16.9. The number of carbonyl (C=O) groups is 1. The third-order valence-electron chi connectivity index (χ3n) is 3.85. The van der Waals surface area contributed by atoms with Crippen molar-refractivity contribution in [3.05, 3.63) is 14.7 Å². The summed E-state index contributed by atoms with van der Waals surface area (Å²) in [6.45, 7) is 1.88. The molecule has 0 saturated heterocycles. The molecular formula is C13H18BrNO4S2. The first-order chi connectivity index (χ1) is 9.81. The standard InChI is InChI=1S/C13H18BrNO4S2/c1-8(9-5-3-2-4-6-9)15-21(18,19)11-7-10(13(16)17)20-12(11)14/h7-9,15H,2-6H2,1H3,(H,16,17). The van der Waals surface area contributed by atoms with Gasteiger partial charge in [-0.15, -0.1) is 11.3 Å².